The lowest BCUT2D eigenvalue weighted by atomic mass is 10.1. The van der Waals surface area contributed by atoms with Gasteiger partial charge >= 0.3 is 6.18 Å². The summed E-state index contributed by atoms with van der Waals surface area (Å²) in [4.78, 5) is 13.6. The minimum atomic E-state index is -4.95. The number of ether oxygens (including phenoxy) is 1. The fourth-order valence-corrected chi connectivity index (χ4v) is 4.17. The van der Waals surface area contributed by atoms with Crippen molar-refractivity contribution in [2.75, 3.05) is 30.0 Å². The second-order valence-electron chi connectivity index (χ2n) is 8.44. The van der Waals surface area contributed by atoms with Crippen molar-refractivity contribution in [3.63, 3.8) is 0 Å². The molecular formula is C23H22F4N6O3S. The molecule has 4 rings (SSSR count). The summed E-state index contributed by atoms with van der Waals surface area (Å²) in [5.74, 6) is -2.05. The highest BCUT2D eigenvalue weighted by Crippen LogP contribution is 2.39. The van der Waals surface area contributed by atoms with Gasteiger partial charge in [-0.05, 0) is 48.9 Å². The van der Waals surface area contributed by atoms with E-state index in [9.17, 15) is 26.6 Å². The van der Waals surface area contributed by atoms with Gasteiger partial charge in [0.15, 0.2) is 5.69 Å². The Hall–Kier alpha value is -3.78. The molecule has 1 fully saturated rings. The third kappa shape index (κ3) is 5.97. The van der Waals surface area contributed by atoms with Gasteiger partial charge in [0, 0.05) is 29.9 Å². The number of carbonyl (C=O) groups excluding carboxylic acids is 1. The van der Waals surface area contributed by atoms with E-state index in [0.29, 0.717) is 18.7 Å². The Balaban J connectivity index is 1.84. The first-order chi connectivity index (χ1) is 17.3. The van der Waals surface area contributed by atoms with Gasteiger partial charge in [0.25, 0.3) is 11.8 Å². The topological polar surface area (TPSA) is 129 Å². The fourth-order valence-electron chi connectivity index (χ4n) is 3.48. The number of carbonyl (C=O) groups is 1. The number of nitrogens with one attached hydrogen (secondary N) is 4. The number of aromatic nitrogens is 2. The normalized spacial score (nSPS) is 15.4. The van der Waals surface area contributed by atoms with Gasteiger partial charge < -0.3 is 20.7 Å². The van der Waals surface area contributed by atoms with Crippen LogP contribution in [0.2, 0.25) is 0 Å². The maximum Gasteiger partial charge on any atom is 0.437 e. The highest BCUT2D eigenvalue weighted by atomic mass is 32.2. The number of rotatable bonds is 7. The smallest absolute Gasteiger partial charge is 0.437 e. The second-order valence-corrected chi connectivity index (χ2v) is 10.6. The first-order valence-corrected chi connectivity index (χ1v) is 12.8. The van der Waals surface area contributed by atoms with Crippen molar-refractivity contribution in [3.05, 3.63) is 65.1 Å². The Bertz CT molecular complexity index is 1460. The summed E-state index contributed by atoms with van der Waals surface area (Å²) in [6, 6.07) is 8.68. The molecule has 3 aromatic rings. The van der Waals surface area contributed by atoms with Crippen LogP contribution >= 0.6 is 0 Å². The van der Waals surface area contributed by atoms with Gasteiger partial charge in [0.05, 0.1) is 21.5 Å². The van der Waals surface area contributed by atoms with Gasteiger partial charge in [0.2, 0.25) is 0 Å². The number of halogens is 4. The van der Waals surface area contributed by atoms with Crippen LogP contribution in [0.5, 0.6) is 11.6 Å². The molecule has 9 nitrogen and oxygen atoms in total. The molecule has 14 heteroatoms. The summed E-state index contributed by atoms with van der Waals surface area (Å²) in [5.41, 5.74) is -2.21. The van der Waals surface area contributed by atoms with Gasteiger partial charge in [-0.15, -0.1) is 10.2 Å². The summed E-state index contributed by atoms with van der Waals surface area (Å²) in [6.45, 7) is 2.22. The minimum Gasteiger partial charge on any atom is -0.437 e. The lowest BCUT2D eigenvalue weighted by molar-refractivity contribution is -0.141. The van der Waals surface area contributed by atoms with Crippen molar-refractivity contribution >= 4 is 27.0 Å². The van der Waals surface area contributed by atoms with Crippen LogP contribution in [-0.2, 0) is 15.9 Å². The van der Waals surface area contributed by atoms with E-state index < -0.39 is 56.5 Å². The molecule has 1 aliphatic heterocycles. The van der Waals surface area contributed by atoms with Crippen LogP contribution in [0.15, 0.2) is 47.4 Å². The predicted molar refractivity (Wildman–Crippen MR) is 128 cm³/mol. The van der Waals surface area contributed by atoms with E-state index in [-0.39, 0.29) is 16.3 Å². The number of aryl methyl sites for hydroxylation is 1. The maximum absolute atomic E-state index is 13.9. The second kappa shape index (κ2) is 9.94. The van der Waals surface area contributed by atoms with E-state index in [1.165, 1.54) is 43.5 Å². The van der Waals surface area contributed by atoms with Gasteiger partial charge in [-0.3, -0.25) is 4.79 Å². The summed E-state index contributed by atoms with van der Waals surface area (Å²) in [6.07, 6.45) is -3.76. The van der Waals surface area contributed by atoms with E-state index in [0.717, 1.165) is 12.1 Å². The van der Waals surface area contributed by atoms with Gasteiger partial charge in [-0.2, -0.15) is 13.2 Å². The van der Waals surface area contributed by atoms with Gasteiger partial charge in [-0.25, -0.2) is 13.4 Å². The Morgan fingerprint density at radius 1 is 1.19 bits per heavy atom. The Kier molecular flexibility index (Phi) is 7.06. The minimum absolute atomic E-state index is 0.0581. The van der Waals surface area contributed by atoms with E-state index in [1.54, 1.807) is 0 Å². The Labute approximate surface area is 209 Å². The molecule has 1 saturated heterocycles. The first-order valence-electron chi connectivity index (χ1n) is 10.9. The summed E-state index contributed by atoms with van der Waals surface area (Å²) >= 11 is 0. The average molecular weight is 539 g/mol. The van der Waals surface area contributed by atoms with E-state index in [2.05, 4.69) is 26.1 Å². The summed E-state index contributed by atoms with van der Waals surface area (Å²) in [7, 11) is -3.13. The highest BCUT2D eigenvalue weighted by Gasteiger charge is 2.41. The molecule has 0 aliphatic carbocycles. The molecule has 0 spiro atoms. The number of hydrogen-bond acceptors (Lipinski definition) is 8. The SMILES string of the molecule is Cc1cc(F)ccc1Oc1nnc(C(F)(F)F)c(NC2CNC2)c1C(=O)Nc1cccc(S(C)(=N)=O)c1. The van der Waals surface area contributed by atoms with Crippen molar-refractivity contribution in [1.82, 2.24) is 15.5 Å². The Morgan fingerprint density at radius 3 is 2.51 bits per heavy atom. The number of hydrogen-bond donors (Lipinski definition) is 4. The molecule has 1 unspecified atom stereocenters. The summed E-state index contributed by atoms with van der Waals surface area (Å²) < 4.78 is 80.9. The molecule has 0 bridgehead atoms. The van der Waals surface area contributed by atoms with Gasteiger partial charge in [0.1, 0.15) is 17.1 Å². The fraction of sp³-hybridized carbons (Fsp3) is 0.261. The molecule has 1 aromatic heterocycles. The number of alkyl halides is 3. The third-order valence-electron chi connectivity index (χ3n) is 5.45. The zero-order valence-corrected chi connectivity index (χ0v) is 20.4. The molecule has 2 heterocycles. The van der Waals surface area contributed by atoms with Gasteiger partial charge in [-0.1, -0.05) is 6.07 Å². The highest BCUT2D eigenvalue weighted by molar-refractivity contribution is 7.91. The molecule has 196 valence electrons. The standard InChI is InChI=1S/C23H22F4N6O3S/c1-12-8-13(24)6-7-17(12)36-22-18(21(34)31-14-4-3-5-16(9-14)37(2,28)35)19(30-15-10-29-11-15)20(32-33-22)23(25,26)27/h3-9,15,28-29H,10-11H2,1-2H3,(H,30,33)(H,31,34). The number of amides is 1. The van der Waals surface area contributed by atoms with Crippen LogP contribution < -0.4 is 20.7 Å². The third-order valence-corrected chi connectivity index (χ3v) is 6.61. The van der Waals surface area contributed by atoms with Crippen LogP contribution in [0.4, 0.5) is 28.9 Å². The monoisotopic (exact) mass is 538 g/mol. The number of benzene rings is 2. The maximum atomic E-state index is 13.9. The van der Waals surface area contributed by atoms with Crippen LogP contribution in [0.25, 0.3) is 0 Å². The quantitative estimate of drug-likeness (QED) is 0.328. The number of nitrogens with zero attached hydrogens (tertiary/aromatic N) is 2. The van der Waals surface area contributed by atoms with Crippen LogP contribution in [0, 0.1) is 17.5 Å². The molecule has 0 radical (unpaired) electrons. The largest absolute Gasteiger partial charge is 0.437 e. The molecule has 0 saturated carbocycles. The van der Waals surface area contributed by atoms with Crippen molar-refractivity contribution in [1.29, 1.82) is 4.78 Å². The van der Waals surface area contributed by atoms with Crippen LogP contribution in [-0.4, -0.2) is 45.7 Å². The van der Waals surface area contributed by atoms with Crippen molar-refractivity contribution in [2.45, 2.75) is 24.0 Å². The zero-order valence-electron chi connectivity index (χ0n) is 19.6. The average Bonchev–Trinajstić information content (AvgIpc) is 2.77. The molecule has 1 aliphatic rings. The van der Waals surface area contributed by atoms with E-state index in [4.69, 9.17) is 9.52 Å². The Morgan fingerprint density at radius 2 is 1.92 bits per heavy atom. The lowest BCUT2D eigenvalue weighted by Crippen LogP contribution is -2.52. The van der Waals surface area contributed by atoms with Crippen LogP contribution in [0.1, 0.15) is 21.6 Å². The van der Waals surface area contributed by atoms with E-state index in [1.807, 2.05) is 0 Å². The number of anilines is 2. The first kappa shape index (κ1) is 26.3. The van der Waals surface area contributed by atoms with E-state index >= 15 is 0 Å². The zero-order chi connectivity index (χ0) is 27.0. The molecule has 1 atom stereocenters. The molecule has 2 aromatic carbocycles. The van der Waals surface area contributed by atoms with Crippen molar-refractivity contribution < 1.29 is 31.3 Å². The molecule has 37 heavy (non-hydrogen) atoms. The summed E-state index contributed by atoms with van der Waals surface area (Å²) in [5, 5.41) is 15.0. The van der Waals surface area contributed by atoms with Crippen molar-refractivity contribution in [3.8, 4) is 11.6 Å². The molecular weight excluding hydrogens is 516 g/mol. The van der Waals surface area contributed by atoms with Crippen molar-refractivity contribution in [2.24, 2.45) is 0 Å². The predicted octanol–water partition coefficient (Wildman–Crippen LogP) is 4.41. The lowest BCUT2D eigenvalue weighted by Gasteiger charge is -2.30. The molecule has 1 amide bonds. The van der Waals surface area contributed by atoms with Crippen LogP contribution in [0.3, 0.4) is 0 Å². The molecule has 4 N–H and O–H groups in total.